The molecule has 3 N–H and O–H groups in total. The maximum Gasteiger partial charge on any atom is 0.225 e. The highest BCUT2D eigenvalue weighted by Gasteiger charge is 2.15. The van der Waals surface area contributed by atoms with Gasteiger partial charge in [0.25, 0.3) is 0 Å². The van der Waals surface area contributed by atoms with E-state index >= 15 is 0 Å². The standard InChI is InChI=1S/C20H20BrN5O/c1-12-14(11-22)4-3-5-16(12)13(2)24-19-17-10-15(21)6-7-18(17)25-20(26-19)23-8-9-27/h3-7,10,13,27H,8-9H2,1-2H3,(H2,23,24,25,26)/t13-/m1/s1. The van der Waals surface area contributed by atoms with Crippen LogP contribution in [0.4, 0.5) is 11.8 Å². The van der Waals surface area contributed by atoms with Gasteiger partial charge in [-0.15, -0.1) is 0 Å². The highest BCUT2D eigenvalue weighted by molar-refractivity contribution is 9.10. The zero-order chi connectivity index (χ0) is 19.4. The van der Waals surface area contributed by atoms with E-state index in [4.69, 9.17) is 5.11 Å². The van der Waals surface area contributed by atoms with Gasteiger partial charge < -0.3 is 15.7 Å². The molecule has 0 amide bonds. The second-order valence-corrected chi connectivity index (χ2v) is 7.12. The summed E-state index contributed by atoms with van der Waals surface area (Å²) in [6.45, 7) is 4.37. The van der Waals surface area contributed by atoms with Crippen LogP contribution in [0.2, 0.25) is 0 Å². The van der Waals surface area contributed by atoms with E-state index in [1.807, 2.05) is 50.2 Å². The minimum absolute atomic E-state index is 0.00104. The van der Waals surface area contributed by atoms with Gasteiger partial charge in [-0.1, -0.05) is 28.1 Å². The van der Waals surface area contributed by atoms with Crippen LogP contribution in [-0.4, -0.2) is 28.2 Å². The van der Waals surface area contributed by atoms with Crippen molar-refractivity contribution in [1.82, 2.24) is 9.97 Å². The maximum atomic E-state index is 9.28. The molecule has 0 fully saturated rings. The molecular formula is C20H20BrN5O. The van der Waals surface area contributed by atoms with Gasteiger partial charge in [0.15, 0.2) is 0 Å². The van der Waals surface area contributed by atoms with Crippen molar-refractivity contribution in [2.45, 2.75) is 19.9 Å². The SMILES string of the molecule is Cc1c(C#N)cccc1[C@@H](C)Nc1nc(NCCO)nc2ccc(Br)cc12. The second kappa shape index (κ2) is 8.33. The van der Waals surface area contributed by atoms with E-state index in [2.05, 4.69) is 42.6 Å². The van der Waals surface area contributed by atoms with E-state index in [1.54, 1.807) is 0 Å². The predicted molar refractivity (Wildman–Crippen MR) is 111 cm³/mol. The molecule has 2 aromatic carbocycles. The molecule has 0 saturated heterocycles. The number of nitrogens with one attached hydrogen (secondary N) is 2. The zero-order valence-electron chi connectivity index (χ0n) is 15.1. The summed E-state index contributed by atoms with van der Waals surface area (Å²) in [5.41, 5.74) is 3.46. The average Bonchev–Trinajstić information content (AvgIpc) is 2.66. The van der Waals surface area contributed by atoms with Gasteiger partial charge in [0.05, 0.1) is 29.8 Å². The van der Waals surface area contributed by atoms with Crippen molar-refractivity contribution in [3.05, 3.63) is 57.6 Å². The Morgan fingerprint density at radius 3 is 2.81 bits per heavy atom. The van der Waals surface area contributed by atoms with Gasteiger partial charge in [-0.2, -0.15) is 10.2 Å². The lowest BCUT2D eigenvalue weighted by atomic mass is 9.98. The highest BCUT2D eigenvalue weighted by Crippen LogP contribution is 2.29. The third kappa shape index (κ3) is 4.18. The zero-order valence-corrected chi connectivity index (χ0v) is 16.7. The lowest BCUT2D eigenvalue weighted by Crippen LogP contribution is -2.13. The van der Waals surface area contributed by atoms with Crippen LogP contribution in [0.15, 0.2) is 40.9 Å². The Kier molecular flexibility index (Phi) is 5.89. The number of hydrogen-bond donors (Lipinski definition) is 3. The number of hydrogen-bond acceptors (Lipinski definition) is 6. The Balaban J connectivity index is 2.02. The van der Waals surface area contributed by atoms with Crippen LogP contribution < -0.4 is 10.6 Å². The molecular weight excluding hydrogens is 406 g/mol. The van der Waals surface area contributed by atoms with Gasteiger partial charge in [0.1, 0.15) is 5.82 Å². The molecule has 0 aliphatic heterocycles. The summed E-state index contributed by atoms with van der Waals surface area (Å²) in [5, 5.41) is 25.7. The largest absolute Gasteiger partial charge is 0.395 e. The van der Waals surface area contributed by atoms with E-state index < -0.39 is 0 Å². The normalized spacial score (nSPS) is 11.8. The number of fused-ring (bicyclic) bond motifs is 1. The topological polar surface area (TPSA) is 93.9 Å². The van der Waals surface area contributed by atoms with Gasteiger partial charge in [-0.05, 0) is 49.2 Å². The third-order valence-corrected chi connectivity index (χ3v) is 4.86. The number of benzene rings is 2. The molecule has 6 nitrogen and oxygen atoms in total. The quantitative estimate of drug-likeness (QED) is 0.548. The van der Waals surface area contributed by atoms with Crippen molar-refractivity contribution in [1.29, 1.82) is 5.26 Å². The van der Waals surface area contributed by atoms with E-state index in [0.29, 0.717) is 23.9 Å². The monoisotopic (exact) mass is 425 g/mol. The molecule has 0 saturated carbocycles. The van der Waals surface area contributed by atoms with Crippen LogP contribution >= 0.6 is 15.9 Å². The number of nitrogens with zero attached hydrogens (tertiary/aromatic N) is 3. The first-order valence-corrected chi connectivity index (χ1v) is 9.41. The van der Waals surface area contributed by atoms with Crippen molar-refractivity contribution in [2.24, 2.45) is 0 Å². The van der Waals surface area contributed by atoms with E-state index in [1.165, 1.54) is 0 Å². The molecule has 1 heterocycles. The van der Waals surface area contributed by atoms with Crippen molar-refractivity contribution >= 4 is 38.6 Å². The molecule has 27 heavy (non-hydrogen) atoms. The van der Waals surface area contributed by atoms with Gasteiger partial charge in [0, 0.05) is 16.4 Å². The third-order valence-electron chi connectivity index (χ3n) is 4.37. The van der Waals surface area contributed by atoms with Crippen LogP contribution in [0.1, 0.15) is 29.7 Å². The fraction of sp³-hybridized carbons (Fsp3) is 0.250. The number of nitriles is 1. The molecule has 3 aromatic rings. The molecule has 0 aliphatic rings. The summed E-state index contributed by atoms with van der Waals surface area (Å²) >= 11 is 3.50. The Bertz CT molecular complexity index is 1020. The molecule has 0 radical (unpaired) electrons. The number of halogens is 1. The summed E-state index contributed by atoms with van der Waals surface area (Å²) in [7, 11) is 0. The predicted octanol–water partition coefficient (Wildman–Crippen LogP) is 4.15. The molecule has 1 aromatic heterocycles. The van der Waals surface area contributed by atoms with Crippen LogP contribution in [0.3, 0.4) is 0 Å². The Hall–Kier alpha value is -2.69. The van der Waals surface area contributed by atoms with E-state index in [-0.39, 0.29) is 12.6 Å². The van der Waals surface area contributed by atoms with E-state index in [9.17, 15) is 5.26 Å². The summed E-state index contributed by atoms with van der Waals surface area (Å²) in [4.78, 5) is 9.09. The fourth-order valence-electron chi connectivity index (χ4n) is 2.98. The number of rotatable bonds is 6. The Morgan fingerprint density at radius 1 is 1.26 bits per heavy atom. The molecule has 0 bridgehead atoms. The van der Waals surface area contributed by atoms with Gasteiger partial charge in [-0.25, -0.2) is 4.98 Å². The van der Waals surface area contributed by atoms with Crippen LogP contribution in [0.5, 0.6) is 0 Å². The number of anilines is 2. The highest BCUT2D eigenvalue weighted by atomic mass is 79.9. The fourth-order valence-corrected chi connectivity index (χ4v) is 3.35. The van der Waals surface area contributed by atoms with Crippen LogP contribution in [-0.2, 0) is 0 Å². The number of aliphatic hydroxyl groups is 1. The van der Waals surface area contributed by atoms with Gasteiger partial charge in [0.2, 0.25) is 5.95 Å². The molecule has 1 atom stereocenters. The molecule has 0 spiro atoms. The van der Waals surface area contributed by atoms with E-state index in [0.717, 1.165) is 26.5 Å². The second-order valence-electron chi connectivity index (χ2n) is 6.21. The van der Waals surface area contributed by atoms with Crippen LogP contribution in [0, 0.1) is 18.3 Å². The van der Waals surface area contributed by atoms with Crippen molar-refractivity contribution in [3.8, 4) is 6.07 Å². The first-order chi connectivity index (χ1) is 13.0. The minimum atomic E-state index is -0.0546. The molecule has 0 aliphatic carbocycles. The average molecular weight is 426 g/mol. The molecule has 0 unspecified atom stereocenters. The molecule has 7 heteroatoms. The summed E-state index contributed by atoms with van der Waals surface area (Å²) < 4.78 is 0.938. The minimum Gasteiger partial charge on any atom is -0.395 e. The van der Waals surface area contributed by atoms with Crippen molar-refractivity contribution in [3.63, 3.8) is 0 Å². The lowest BCUT2D eigenvalue weighted by Gasteiger charge is -2.19. The summed E-state index contributed by atoms with van der Waals surface area (Å²) in [6.07, 6.45) is 0. The number of aliphatic hydroxyl groups excluding tert-OH is 1. The van der Waals surface area contributed by atoms with Gasteiger partial charge >= 0.3 is 0 Å². The summed E-state index contributed by atoms with van der Waals surface area (Å²) in [5.74, 6) is 1.15. The van der Waals surface area contributed by atoms with Crippen LogP contribution in [0.25, 0.3) is 10.9 Å². The Labute approximate surface area is 166 Å². The first-order valence-electron chi connectivity index (χ1n) is 8.61. The number of aromatic nitrogens is 2. The van der Waals surface area contributed by atoms with Gasteiger partial charge in [-0.3, -0.25) is 0 Å². The van der Waals surface area contributed by atoms with Crippen molar-refractivity contribution in [2.75, 3.05) is 23.8 Å². The lowest BCUT2D eigenvalue weighted by molar-refractivity contribution is 0.311. The Morgan fingerprint density at radius 2 is 2.07 bits per heavy atom. The molecule has 3 rings (SSSR count). The maximum absolute atomic E-state index is 9.28. The summed E-state index contributed by atoms with van der Waals surface area (Å²) in [6, 6.07) is 13.7. The first kappa shape index (κ1) is 19.1. The molecule has 138 valence electrons. The smallest absolute Gasteiger partial charge is 0.225 e. The van der Waals surface area contributed by atoms with Crippen molar-refractivity contribution < 1.29 is 5.11 Å².